The number of hydrogen-bond acceptors (Lipinski definition) is 1. The van der Waals surface area contributed by atoms with Gasteiger partial charge in [-0.15, -0.1) is 0 Å². The molecule has 1 fully saturated rings. The maximum absolute atomic E-state index is 5.82. The molecule has 0 aliphatic carbocycles. The molecule has 0 N–H and O–H groups in total. The summed E-state index contributed by atoms with van der Waals surface area (Å²) in [6, 6.07) is 0. The Hall–Kier alpha value is 0.759. The van der Waals surface area contributed by atoms with Crippen LogP contribution in [0.3, 0.4) is 0 Å². The van der Waals surface area contributed by atoms with Gasteiger partial charge >= 0.3 is 77.8 Å². The van der Waals surface area contributed by atoms with Crippen LogP contribution in [0.2, 0.25) is 8.87 Å². The van der Waals surface area contributed by atoms with Gasteiger partial charge in [-0.05, 0) is 0 Å². The van der Waals surface area contributed by atoms with Gasteiger partial charge in [0, 0.05) is 0 Å². The van der Waals surface area contributed by atoms with Gasteiger partial charge in [-0.1, -0.05) is 0 Å². The summed E-state index contributed by atoms with van der Waals surface area (Å²) in [6.45, 7) is 3.37. The zero-order valence-corrected chi connectivity index (χ0v) is 10.4. The molecule has 1 radical (unpaired) electrons. The van der Waals surface area contributed by atoms with E-state index in [4.69, 9.17) is 3.07 Å². The molecule has 2 heteroatoms. The fourth-order valence-electron chi connectivity index (χ4n) is 1.48. The maximum atomic E-state index is 5.82. The summed E-state index contributed by atoms with van der Waals surface area (Å²) in [5.74, 6) is 0. The van der Waals surface area contributed by atoms with E-state index in [1.54, 1.807) is 0 Å². The van der Waals surface area contributed by atoms with Crippen molar-refractivity contribution in [1.82, 2.24) is 0 Å². The van der Waals surface area contributed by atoms with Crippen LogP contribution >= 0.6 is 0 Å². The molecule has 1 aliphatic heterocycles. The molecule has 0 atom stereocenters. The Morgan fingerprint density at radius 1 is 1.27 bits per heavy atom. The zero-order valence-electron chi connectivity index (χ0n) is 7.57. The molecular weight excluding hydrogens is 243 g/mol. The minimum atomic E-state index is -1.18. The number of rotatable bonds is 4. The minimum absolute atomic E-state index is 1.10. The molecule has 0 amide bonds. The van der Waals surface area contributed by atoms with Gasteiger partial charge in [-0.25, -0.2) is 0 Å². The van der Waals surface area contributed by atoms with E-state index in [0.29, 0.717) is 0 Å². The summed E-state index contributed by atoms with van der Waals surface area (Å²) >= 11 is -1.18. The van der Waals surface area contributed by atoms with Crippen LogP contribution in [-0.4, -0.2) is 26.8 Å². The SMILES string of the molecule is CCCC[CH2][Sn]1[CH2]CCC[O]1. The van der Waals surface area contributed by atoms with Crippen LogP contribution in [0.5, 0.6) is 0 Å². The molecule has 1 nitrogen and oxygen atoms in total. The molecule has 0 aromatic rings. The third-order valence-corrected chi connectivity index (χ3v) is 9.16. The normalized spacial score (nSPS) is 20.5. The zero-order chi connectivity index (χ0) is 7.94. The summed E-state index contributed by atoms with van der Waals surface area (Å²) in [5.41, 5.74) is 0. The van der Waals surface area contributed by atoms with Crippen molar-refractivity contribution >= 4 is 20.2 Å². The number of hydrogen-bond donors (Lipinski definition) is 0. The van der Waals surface area contributed by atoms with Gasteiger partial charge in [0.25, 0.3) is 0 Å². The predicted molar refractivity (Wildman–Crippen MR) is 50.1 cm³/mol. The van der Waals surface area contributed by atoms with Crippen LogP contribution < -0.4 is 0 Å². The van der Waals surface area contributed by atoms with E-state index in [2.05, 4.69) is 6.92 Å². The van der Waals surface area contributed by atoms with E-state index in [1.807, 2.05) is 0 Å². The van der Waals surface area contributed by atoms with Gasteiger partial charge in [-0.2, -0.15) is 0 Å². The van der Waals surface area contributed by atoms with Gasteiger partial charge in [0.15, 0.2) is 0 Å². The molecule has 0 aromatic carbocycles. The quantitative estimate of drug-likeness (QED) is 0.559. The summed E-state index contributed by atoms with van der Waals surface area (Å²) in [6.07, 6.45) is 7.04. The number of unbranched alkanes of at least 4 members (excludes halogenated alkanes) is 2. The second-order valence-corrected chi connectivity index (χ2v) is 10.1. The molecule has 65 valence electrons. The summed E-state index contributed by atoms with van der Waals surface area (Å²) in [7, 11) is 0. The van der Waals surface area contributed by atoms with Crippen LogP contribution in [0.25, 0.3) is 0 Å². The van der Waals surface area contributed by atoms with E-state index < -0.39 is 20.2 Å². The average Bonchev–Trinajstić information content (AvgIpc) is 2.07. The molecule has 0 aromatic heterocycles. The Bertz CT molecular complexity index is 89.6. The van der Waals surface area contributed by atoms with E-state index >= 15 is 0 Å². The fourth-order valence-corrected chi connectivity index (χ4v) is 7.93. The predicted octanol–water partition coefficient (Wildman–Crippen LogP) is 2.98. The summed E-state index contributed by atoms with van der Waals surface area (Å²) < 4.78 is 8.82. The first-order chi connectivity index (χ1) is 5.43. The van der Waals surface area contributed by atoms with Crippen molar-refractivity contribution in [2.75, 3.05) is 6.61 Å². The Kier molecular flexibility index (Phi) is 5.63. The van der Waals surface area contributed by atoms with E-state index in [-0.39, 0.29) is 0 Å². The first-order valence-electron chi connectivity index (χ1n) is 4.91. The summed E-state index contributed by atoms with van der Waals surface area (Å²) in [4.78, 5) is 0. The monoisotopic (exact) mass is 263 g/mol. The van der Waals surface area contributed by atoms with Crippen molar-refractivity contribution in [2.45, 2.75) is 47.9 Å². The topological polar surface area (TPSA) is 9.23 Å². The first-order valence-corrected chi connectivity index (χ1v) is 10.1. The van der Waals surface area contributed by atoms with Gasteiger partial charge in [0.2, 0.25) is 0 Å². The van der Waals surface area contributed by atoms with Crippen molar-refractivity contribution in [1.29, 1.82) is 0 Å². The van der Waals surface area contributed by atoms with Crippen LogP contribution in [0.15, 0.2) is 0 Å². The third-order valence-electron chi connectivity index (χ3n) is 2.22. The summed E-state index contributed by atoms with van der Waals surface area (Å²) in [5, 5.41) is 0. The van der Waals surface area contributed by atoms with Gasteiger partial charge in [0.1, 0.15) is 0 Å². The molecule has 11 heavy (non-hydrogen) atoms. The van der Waals surface area contributed by atoms with Crippen LogP contribution in [0.1, 0.15) is 39.0 Å². The molecule has 1 aliphatic rings. The molecule has 0 saturated carbocycles. The van der Waals surface area contributed by atoms with Gasteiger partial charge in [-0.3, -0.25) is 0 Å². The van der Waals surface area contributed by atoms with Crippen molar-refractivity contribution in [3.63, 3.8) is 0 Å². The molecule has 1 saturated heterocycles. The van der Waals surface area contributed by atoms with E-state index in [9.17, 15) is 0 Å². The van der Waals surface area contributed by atoms with Crippen LogP contribution in [0.4, 0.5) is 0 Å². The average molecular weight is 262 g/mol. The molecule has 0 unspecified atom stereocenters. The Morgan fingerprint density at radius 3 is 2.82 bits per heavy atom. The third kappa shape index (κ3) is 4.36. The van der Waals surface area contributed by atoms with Gasteiger partial charge < -0.3 is 0 Å². The Morgan fingerprint density at radius 2 is 2.18 bits per heavy atom. The van der Waals surface area contributed by atoms with Crippen molar-refractivity contribution < 1.29 is 3.07 Å². The first kappa shape index (κ1) is 9.84. The Balaban J connectivity index is 1.96. The van der Waals surface area contributed by atoms with E-state index in [1.165, 1.54) is 41.0 Å². The van der Waals surface area contributed by atoms with Crippen molar-refractivity contribution in [3.05, 3.63) is 0 Å². The second-order valence-electron chi connectivity index (χ2n) is 3.30. The standard InChI is InChI=1S/C5H11.C4H8O.Sn/c1-3-5-4-2;1-2-3-4-5;/h1,3-5H2,2H3;1-4H2;/q;-1;+1. The fraction of sp³-hybridized carbons (Fsp3) is 1.00. The molecule has 0 spiro atoms. The second kappa shape index (κ2) is 6.29. The van der Waals surface area contributed by atoms with Crippen molar-refractivity contribution in [3.8, 4) is 0 Å². The molecule has 0 bridgehead atoms. The van der Waals surface area contributed by atoms with Crippen LogP contribution in [-0.2, 0) is 3.07 Å². The van der Waals surface area contributed by atoms with E-state index in [0.717, 1.165) is 6.61 Å². The molecule has 1 rings (SSSR count). The molecular formula is C9H19OSn. The van der Waals surface area contributed by atoms with Gasteiger partial charge in [0.05, 0.1) is 0 Å². The molecule has 1 heterocycles. The van der Waals surface area contributed by atoms with Crippen LogP contribution in [0, 0.1) is 0 Å². The van der Waals surface area contributed by atoms with Crippen molar-refractivity contribution in [2.24, 2.45) is 0 Å². The Labute approximate surface area is 77.8 Å².